The van der Waals surface area contributed by atoms with Gasteiger partial charge in [-0.15, -0.1) is 0 Å². The zero-order valence-electron chi connectivity index (χ0n) is 17.2. The van der Waals surface area contributed by atoms with Crippen LogP contribution in [0.4, 0.5) is 10.5 Å². The van der Waals surface area contributed by atoms with Crippen molar-refractivity contribution >= 4 is 23.5 Å². The molecule has 1 fully saturated rings. The molecule has 1 unspecified atom stereocenters. The van der Waals surface area contributed by atoms with Crippen LogP contribution in [0.25, 0.3) is 0 Å². The highest BCUT2D eigenvalue weighted by atomic mass is 16.2. The number of hydrogen-bond donors (Lipinski definition) is 2. The molecule has 1 saturated heterocycles. The van der Waals surface area contributed by atoms with Gasteiger partial charge in [-0.3, -0.25) is 15.0 Å². The quantitative estimate of drug-likeness (QED) is 0.738. The second-order valence-corrected chi connectivity index (χ2v) is 7.43. The summed E-state index contributed by atoms with van der Waals surface area (Å²) in [6.07, 6.45) is 0.371. The largest absolute Gasteiger partial charge is 0.365 e. The number of imide groups is 1. The van der Waals surface area contributed by atoms with E-state index in [0.717, 1.165) is 21.8 Å². The van der Waals surface area contributed by atoms with Crippen molar-refractivity contribution in [1.29, 1.82) is 0 Å². The molecule has 0 aliphatic carbocycles. The van der Waals surface area contributed by atoms with Crippen molar-refractivity contribution in [2.45, 2.75) is 32.7 Å². The van der Waals surface area contributed by atoms with Gasteiger partial charge in [0.1, 0.15) is 5.54 Å². The Morgan fingerprint density at radius 1 is 1.10 bits per heavy atom. The first kappa shape index (κ1) is 20.4. The maximum absolute atomic E-state index is 13.1. The Kier molecular flexibility index (Phi) is 5.59. The fraction of sp³-hybridized carbons (Fsp3) is 0.318. The first-order valence-electron chi connectivity index (χ1n) is 9.58. The molecule has 29 heavy (non-hydrogen) atoms. The minimum atomic E-state index is -1.18. The Morgan fingerprint density at radius 2 is 1.72 bits per heavy atom. The molecule has 3 rings (SSSR count). The van der Waals surface area contributed by atoms with Crippen molar-refractivity contribution in [2.24, 2.45) is 0 Å². The van der Waals surface area contributed by atoms with Crippen LogP contribution in [0.5, 0.6) is 0 Å². The molecule has 152 valence electrons. The molecule has 0 spiro atoms. The highest BCUT2D eigenvalue weighted by Gasteiger charge is 2.52. The van der Waals surface area contributed by atoms with E-state index in [1.165, 1.54) is 0 Å². The summed E-state index contributed by atoms with van der Waals surface area (Å²) >= 11 is 0. The molecule has 4 amide bonds. The third-order valence-electron chi connectivity index (χ3n) is 5.15. The lowest BCUT2D eigenvalue weighted by Crippen LogP contribution is -2.50. The van der Waals surface area contributed by atoms with Crippen molar-refractivity contribution in [2.75, 3.05) is 18.5 Å². The molecule has 1 aliphatic heterocycles. The lowest BCUT2D eigenvalue weighted by molar-refractivity contribution is -0.139. The van der Waals surface area contributed by atoms with Gasteiger partial charge in [0.2, 0.25) is 0 Å². The van der Waals surface area contributed by atoms with Gasteiger partial charge in [0.15, 0.2) is 0 Å². The number of nitrogens with zero attached hydrogens (tertiary/aromatic N) is 2. The SMILES string of the molecule is CCC1(c2ccccc2)NC(=O)N(NC(=O)CN(C)c2cc(C)cc(C)c2)C1=O. The van der Waals surface area contributed by atoms with E-state index in [1.54, 1.807) is 24.1 Å². The van der Waals surface area contributed by atoms with E-state index in [9.17, 15) is 14.4 Å². The molecule has 1 heterocycles. The average molecular weight is 394 g/mol. The average Bonchev–Trinajstić information content (AvgIpc) is 2.93. The van der Waals surface area contributed by atoms with Crippen LogP contribution in [-0.2, 0) is 15.1 Å². The van der Waals surface area contributed by atoms with Crippen LogP contribution in [0.1, 0.15) is 30.0 Å². The summed E-state index contributed by atoms with van der Waals surface area (Å²) < 4.78 is 0. The highest BCUT2D eigenvalue weighted by molar-refractivity contribution is 6.08. The molecular weight excluding hydrogens is 368 g/mol. The van der Waals surface area contributed by atoms with E-state index in [2.05, 4.69) is 16.8 Å². The van der Waals surface area contributed by atoms with Crippen molar-refractivity contribution in [1.82, 2.24) is 15.8 Å². The molecule has 1 aliphatic rings. The van der Waals surface area contributed by atoms with Gasteiger partial charge >= 0.3 is 6.03 Å². The summed E-state index contributed by atoms with van der Waals surface area (Å²) in [4.78, 5) is 39.9. The Hall–Kier alpha value is -3.35. The monoisotopic (exact) mass is 394 g/mol. The van der Waals surface area contributed by atoms with Crippen LogP contribution in [0.3, 0.4) is 0 Å². The number of urea groups is 1. The van der Waals surface area contributed by atoms with E-state index < -0.39 is 23.4 Å². The number of carbonyl (C=O) groups is 3. The summed E-state index contributed by atoms with van der Waals surface area (Å²) in [6.45, 7) is 5.81. The number of carbonyl (C=O) groups excluding carboxylic acids is 3. The topological polar surface area (TPSA) is 81.8 Å². The van der Waals surface area contributed by atoms with Crippen molar-refractivity contribution < 1.29 is 14.4 Å². The maximum Gasteiger partial charge on any atom is 0.344 e. The van der Waals surface area contributed by atoms with Gasteiger partial charge in [0.05, 0.1) is 6.54 Å². The van der Waals surface area contributed by atoms with Gasteiger partial charge in [0.25, 0.3) is 11.8 Å². The second kappa shape index (κ2) is 7.95. The predicted octanol–water partition coefficient (Wildman–Crippen LogP) is 2.63. The summed E-state index contributed by atoms with van der Waals surface area (Å²) in [5.74, 6) is -0.936. The number of amides is 4. The number of anilines is 1. The lowest BCUT2D eigenvalue weighted by atomic mass is 9.87. The number of benzene rings is 2. The Balaban J connectivity index is 1.73. The van der Waals surface area contributed by atoms with Crippen molar-refractivity contribution in [3.8, 4) is 0 Å². The first-order chi connectivity index (χ1) is 13.8. The smallest absolute Gasteiger partial charge is 0.344 e. The Bertz CT molecular complexity index is 924. The van der Waals surface area contributed by atoms with Crippen LogP contribution in [0.15, 0.2) is 48.5 Å². The number of aryl methyl sites for hydroxylation is 2. The van der Waals surface area contributed by atoms with E-state index in [-0.39, 0.29) is 6.54 Å². The lowest BCUT2D eigenvalue weighted by Gasteiger charge is -2.26. The summed E-state index contributed by atoms with van der Waals surface area (Å²) in [7, 11) is 1.79. The molecule has 0 bridgehead atoms. The minimum Gasteiger partial charge on any atom is -0.365 e. The Morgan fingerprint density at radius 3 is 2.31 bits per heavy atom. The number of nitrogens with one attached hydrogen (secondary N) is 2. The fourth-order valence-corrected chi connectivity index (χ4v) is 3.68. The van der Waals surface area contributed by atoms with Crippen molar-refractivity contribution in [3.05, 3.63) is 65.2 Å². The van der Waals surface area contributed by atoms with Crippen LogP contribution in [0.2, 0.25) is 0 Å². The molecule has 2 aromatic carbocycles. The molecule has 0 radical (unpaired) electrons. The minimum absolute atomic E-state index is 0.00438. The van der Waals surface area contributed by atoms with Crippen LogP contribution in [-0.4, -0.2) is 36.4 Å². The van der Waals surface area contributed by atoms with Gasteiger partial charge in [0, 0.05) is 12.7 Å². The number of rotatable bonds is 6. The predicted molar refractivity (Wildman–Crippen MR) is 111 cm³/mol. The van der Waals surface area contributed by atoms with E-state index in [4.69, 9.17) is 0 Å². The molecule has 2 aromatic rings. The Labute approximate surface area is 170 Å². The zero-order chi connectivity index (χ0) is 21.2. The molecule has 7 nitrogen and oxygen atoms in total. The molecular formula is C22H26N4O3. The maximum atomic E-state index is 13.1. The van der Waals surface area contributed by atoms with Crippen LogP contribution >= 0.6 is 0 Å². The normalized spacial score (nSPS) is 18.6. The molecule has 2 N–H and O–H groups in total. The number of hydrazine groups is 1. The number of hydrogen-bond acceptors (Lipinski definition) is 4. The molecule has 0 saturated carbocycles. The van der Waals surface area contributed by atoms with Gasteiger partial charge in [-0.05, 0) is 49.1 Å². The summed E-state index contributed by atoms with van der Waals surface area (Å²) in [5.41, 5.74) is 5.05. The van der Waals surface area contributed by atoms with Gasteiger partial charge in [-0.25, -0.2) is 4.79 Å². The highest BCUT2D eigenvalue weighted by Crippen LogP contribution is 2.31. The molecule has 7 heteroatoms. The summed E-state index contributed by atoms with van der Waals surface area (Å²) in [5, 5.41) is 3.53. The molecule has 1 atom stereocenters. The summed E-state index contributed by atoms with van der Waals surface area (Å²) in [6, 6.07) is 14.4. The standard InChI is InChI=1S/C22H26N4O3/c1-5-22(17-9-7-6-8-10-17)20(28)26(21(29)23-22)24-19(27)14-25(4)18-12-15(2)11-16(3)13-18/h6-13H,5,14H2,1-4H3,(H,23,29)(H,24,27). The van der Waals surface area contributed by atoms with E-state index >= 15 is 0 Å². The number of likely N-dealkylation sites (N-methyl/N-ethyl adjacent to an activating group) is 1. The third-order valence-corrected chi connectivity index (χ3v) is 5.15. The second-order valence-electron chi connectivity index (χ2n) is 7.43. The van der Waals surface area contributed by atoms with E-state index in [0.29, 0.717) is 12.0 Å². The van der Waals surface area contributed by atoms with Crippen LogP contribution < -0.4 is 15.6 Å². The zero-order valence-corrected chi connectivity index (χ0v) is 17.2. The van der Waals surface area contributed by atoms with E-state index in [1.807, 2.05) is 51.1 Å². The van der Waals surface area contributed by atoms with Crippen molar-refractivity contribution in [3.63, 3.8) is 0 Å². The third kappa shape index (κ3) is 3.94. The molecule has 0 aromatic heterocycles. The van der Waals surface area contributed by atoms with Gasteiger partial charge < -0.3 is 10.2 Å². The van der Waals surface area contributed by atoms with Crippen LogP contribution in [0, 0.1) is 13.8 Å². The first-order valence-corrected chi connectivity index (χ1v) is 9.58. The fourth-order valence-electron chi connectivity index (χ4n) is 3.68. The van der Waals surface area contributed by atoms with Gasteiger partial charge in [-0.1, -0.05) is 43.3 Å². The van der Waals surface area contributed by atoms with Gasteiger partial charge in [-0.2, -0.15) is 5.01 Å².